The summed E-state index contributed by atoms with van der Waals surface area (Å²) in [5.74, 6) is 1.20. The number of carbonyl (C=O) groups excluding carboxylic acids is 2. The maximum absolute atomic E-state index is 13.3. The van der Waals surface area contributed by atoms with Gasteiger partial charge in [-0.2, -0.15) is 0 Å². The third kappa shape index (κ3) is 5.28. The topological polar surface area (TPSA) is 61.9 Å². The average Bonchev–Trinajstić information content (AvgIpc) is 3.35. The van der Waals surface area contributed by atoms with Crippen LogP contribution in [-0.2, 0) is 9.59 Å². The maximum atomic E-state index is 13.3. The Bertz CT molecular complexity index is 771. The molecule has 2 heterocycles. The highest BCUT2D eigenvalue weighted by Crippen LogP contribution is 2.32. The highest BCUT2D eigenvalue weighted by atomic mass is 16.5. The first-order valence-corrected chi connectivity index (χ1v) is 12.6. The first-order chi connectivity index (χ1) is 15.7. The van der Waals surface area contributed by atoms with Gasteiger partial charge in [-0.1, -0.05) is 43.9 Å². The standard InChI is InChI=1S/C26H39N3O3/c1-32-24-15-7-6-13-21(24)23(28-16-8-3-9-17-28)19-27-25(30)22-14-10-18-29(22)26(31)20-11-4-2-5-12-20/h6-7,13,15,20,22-23H,2-5,8-12,14,16-19H2,1H3,(H,27,30). The van der Waals surface area contributed by atoms with Crippen LogP contribution in [0.5, 0.6) is 5.75 Å². The molecule has 32 heavy (non-hydrogen) atoms. The van der Waals surface area contributed by atoms with Gasteiger partial charge in [-0.15, -0.1) is 0 Å². The van der Waals surface area contributed by atoms with Gasteiger partial charge in [0.2, 0.25) is 11.8 Å². The predicted octanol–water partition coefficient (Wildman–Crippen LogP) is 3.91. The van der Waals surface area contributed by atoms with E-state index in [2.05, 4.69) is 16.3 Å². The van der Waals surface area contributed by atoms with Crippen molar-refractivity contribution in [1.82, 2.24) is 15.1 Å². The lowest BCUT2D eigenvalue weighted by Gasteiger charge is -2.36. The van der Waals surface area contributed by atoms with Crippen molar-refractivity contribution in [3.63, 3.8) is 0 Å². The number of ether oxygens (including phenoxy) is 1. The SMILES string of the molecule is COc1ccccc1C(CNC(=O)C1CCCN1C(=O)C1CCCCC1)N1CCCCC1. The molecule has 1 N–H and O–H groups in total. The van der Waals surface area contributed by atoms with Crippen LogP contribution in [0.2, 0.25) is 0 Å². The van der Waals surface area contributed by atoms with Gasteiger partial charge in [0, 0.05) is 24.6 Å². The molecule has 1 aromatic rings. The molecule has 6 heteroatoms. The zero-order valence-corrected chi connectivity index (χ0v) is 19.6. The number of hydrogen-bond donors (Lipinski definition) is 1. The van der Waals surface area contributed by atoms with Crippen LogP contribution in [0.25, 0.3) is 0 Å². The number of carbonyl (C=O) groups is 2. The summed E-state index contributed by atoms with van der Waals surface area (Å²) in [4.78, 5) is 30.7. The molecule has 1 aliphatic carbocycles. The third-order valence-electron chi connectivity index (χ3n) is 7.59. The van der Waals surface area contributed by atoms with Crippen LogP contribution in [0.1, 0.15) is 75.8 Å². The van der Waals surface area contributed by atoms with Crippen molar-refractivity contribution in [2.24, 2.45) is 5.92 Å². The second-order valence-corrected chi connectivity index (χ2v) is 9.62. The summed E-state index contributed by atoms with van der Waals surface area (Å²) in [5.41, 5.74) is 1.12. The number of rotatable bonds is 7. The Balaban J connectivity index is 1.43. The zero-order chi connectivity index (χ0) is 22.3. The fourth-order valence-corrected chi connectivity index (χ4v) is 5.81. The molecule has 3 aliphatic rings. The summed E-state index contributed by atoms with van der Waals surface area (Å²) in [5, 5.41) is 3.23. The summed E-state index contributed by atoms with van der Waals surface area (Å²) >= 11 is 0. The Hall–Kier alpha value is -2.08. The average molecular weight is 442 g/mol. The Morgan fingerprint density at radius 2 is 1.69 bits per heavy atom. The van der Waals surface area contributed by atoms with Crippen molar-refractivity contribution < 1.29 is 14.3 Å². The number of likely N-dealkylation sites (tertiary alicyclic amines) is 2. The lowest BCUT2D eigenvalue weighted by Crippen LogP contribution is -2.50. The number of methoxy groups -OCH3 is 1. The molecule has 3 fully saturated rings. The summed E-state index contributed by atoms with van der Waals surface area (Å²) in [6.07, 6.45) is 10.8. The second kappa shape index (κ2) is 11.2. The van der Waals surface area contributed by atoms with E-state index >= 15 is 0 Å². The molecule has 2 atom stereocenters. The molecule has 6 nitrogen and oxygen atoms in total. The van der Waals surface area contributed by atoms with Crippen molar-refractivity contribution in [3.8, 4) is 5.75 Å². The number of piperidine rings is 1. The van der Waals surface area contributed by atoms with E-state index in [9.17, 15) is 9.59 Å². The summed E-state index contributed by atoms with van der Waals surface area (Å²) < 4.78 is 5.65. The monoisotopic (exact) mass is 441 g/mol. The van der Waals surface area contributed by atoms with Gasteiger partial charge in [0.15, 0.2) is 0 Å². The van der Waals surface area contributed by atoms with Gasteiger partial charge in [-0.05, 0) is 57.7 Å². The van der Waals surface area contributed by atoms with Gasteiger partial charge >= 0.3 is 0 Å². The molecule has 2 aliphatic heterocycles. The molecule has 1 saturated carbocycles. The zero-order valence-electron chi connectivity index (χ0n) is 19.6. The molecular formula is C26H39N3O3. The van der Waals surface area contributed by atoms with Crippen molar-refractivity contribution >= 4 is 11.8 Å². The van der Waals surface area contributed by atoms with E-state index in [1.165, 1.54) is 25.7 Å². The van der Waals surface area contributed by atoms with Crippen LogP contribution in [0.15, 0.2) is 24.3 Å². The number of benzene rings is 1. The number of hydrogen-bond acceptors (Lipinski definition) is 4. The minimum absolute atomic E-state index is 0.00330. The molecule has 0 aromatic heterocycles. The molecule has 0 bridgehead atoms. The summed E-state index contributed by atoms with van der Waals surface area (Å²) in [7, 11) is 1.71. The second-order valence-electron chi connectivity index (χ2n) is 9.62. The molecule has 1 aromatic carbocycles. The van der Waals surface area contributed by atoms with Crippen molar-refractivity contribution in [3.05, 3.63) is 29.8 Å². The largest absolute Gasteiger partial charge is 0.496 e. The van der Waals surface area contributed by atoms with Crippen molar-refractivity contribution in [2.75, 3.05) is 33.3 Å². The Kier molecular flexibility index (Phi) is 8.06. The maximum Gasteiger partial charge on any atom is 0.242 e. The number of amides is 2. The quantitative estimate of drug-likeness (QED) is 0.697. The van der Waals surface area contributed by atoms with Crippen molar-refractivity contribution in [1.29, 1.82) is 0 Å². The first-order valence-electron chi connectivity index (χ1n) is 12.6. The van der Waals surface area contributed by atoms with Crippen LogP contribution in [0.4, 0.5) is 0 Å². The summed E-state index contributed by atoms with van der Waals surface area (Å²) in [6.45, 7) is 3.33. The highest BCUT2D eigenvalue weighted by Gasteiger charge is 2.37. The normalized spacial score (nSPS) is 23.7. The van der Waals surface area contributed by atoms with Gasteiger partial charge in [0.05, 0.1) is 13.2 Å². The number of nitrogens with one attached hydrogen (secondary N) is 1. The van der Waals surface area contributed by atoms with Crippen molar-refractivity contribution in [2.45, 2.75) is 76.3 Å². The van der Waals surface area contributed by atoms with E-state index in [4.69, 9.17) is 4.74 Å². The third-order valence-corrected chi connectivity index (χ3v) is 7.59. The Labute approximate surface area is 192 Å². The van der Waals surface area contributed by atoms with E-state index in [-0.39, 0.29) is 29.8 Å². The van der Waals surface area contributed by atoms with Gasteiger partial charge < -0.3 is 15.0 Å². The molecule has 2 amide bonds. The molecule has 2 saturated heterocycles. The van der Waals surface area contributed by atoms with Gasteiger partial charge in [0.25, 0.3) is 0 Å². The molecule has 2 unspecified atom stereocenters. The van der Waals surface area contributed by atoms with Crippen LogP contribution >= 0.6 is 0 Å². The molecule has 176 valence electrons. The van der Waals surface area contributed by atoms with Gasteiger partial charge in [-0.3, -0.25) is 14.5 Å². The minimum Gasteiger partial charge on any atom is -0.496 e. The van der Waals surface area contributed by atoms with E-state index in [1.54, 1.807) is 7.11 Å². The molecule has 4 rings (SSSR count). The van der Waals surface area contributed by atoms with E-state index in [1.807, 2.05) is 23.1 Å². The Morgan fingerprint density at radius 3 is 2.44 bits per heavy atom. The van der Waals surface area contributed by atoms with Crippen LogP contribution in [0, 0.1) is 5.92 Å². The lowest BCUT2D eigenvalue weighted by molar-refractivity contribution is -0.142. The molecule has 0 radical (unpaired) electrons. The minimum atomic E-state index is -0.316. The molecule has 0 spiro atoms. The summed E-state index contributed by atoms with van der Waals surface area (Å²) in [6, 6.07) is 7.90. The van der Waals surface area contributed by atoms with E-state index < -0.39 is 0 Å². The lowest BCUT2D eigenvalue weighted by atomic mass is 9.88. The fraction of sp³-hybridized carbons (Fsp3) is 0.692. The number of para-hydroxylation sites is 1. The fourth-order valence-electron chi connectivity index (χ4n) is 5.81. The molecular weight excluding hydrogens is 402 g/mol. The van der Waals surface area contributed by atoms with Crippen LogP contribution in [0.3, 0.4) is 0 Å². The van der Waals surface area contributed by atoms with Crippen LogP contribution in [-0.4, -0.2) is 60.9 Å². The van der Waals surface area contributed by atoms with E-state index in [0.717, 1.165) is 69.5 Å². The predicted molar refractivity (Wildman–Crippen MR) is 125 cm³/mol. The van der Waals surface area contributed by atoms with Crippen LogP contribution < -0.4 is 10.1 Å². The smallest absolute Gasteiger partial charge is 0.242 e. The highest BCUT2D eigenvalue weighted by molar-refractivity contribution is 5.89. The Morgan fingerprint density at radius 1 is 0.969 bits per heavy atom. The first kappa shape index (κ1) is 23.1. The van der Waals surface area contributed by atoms with Gasteiger partial charge in [0.1, 0.15) is 11.8 Å². The van der Waals surface area contributed by atoms with E-state index in [0.29, 0.717) is 6.54 Å². The van der Waals surface area contributed by atoms with Gasteiger partial charge in [-0.25, -0.2) is 0 Å². The number of nitrogens with zero attached hydrogens (tertiary/aromatic N) is 2.